The number of ether oxygens (including phenoxy) is 7. The van der Waals surface area contributed by atoms with Gasteiger partial charge in [0.05, 0.1) is 81.8 Å². The smallest absolute Gasteiger partial charge is 0.260 e. The maximum absolute atomic E-state index is 14.4. The highest BCUT2D eigenvalue weighted by molar-refractivity contribution is 6.13. The van der Waals surface area contributed by atoms with Gasteiger partial charge in [-0.2, -0.15) is 5.10 Å². The van der Waals surface area contributed by atoms with Crippen molar-refractivity contribution in [3.05, 3.63) is 124 Å². The van der Waals surface area contributed by atoms with E-state index in [1.54, 1.807) is 46.6 Å². The topological polar surface area (TPSA) is 156 Å². The number of amides is 3. The number of carbonyl (C=O) groups excluding carboxylic acids is 3. The number of fused-ring (bicyclic) bond motifs is 8. The number of carbonyl (C=O) groups is 3. The molecule has 1 N–H and O–H groups in total. The Kier molecular flexibility index (Phi) is 16.5. The molecule has 3 amide bonds. The standard InChI is InChI=1S/C57H67N7O10/c1-7-58-59-55(65)17-12-18-62(19-20-71-23-24-72-22-21-68-4)42-26-38(36-73-53-32-49-45(30-51(53)69-5)56(66)63-43(34-60(49)2)28-40-13-8-10-15-47(40)63)25-39(27-42)37-74-54-33-50-46(31-52(54)70-6)57(67)64-44(35-61(50)3)29-41-14-9-11-16-48(41)64/h7-11,13-16,25-27,30-33,43-44H,12,17-24,28-29,34-37H2,1-6H3,(H,59,65)/t43-,44-/m0/s1. The maximum Gasteiger partial charge on any atom is 0.260 e. The molecular weight excluding hydrogens is 943 g/mol. The zero-order chi connectivity index (χ0) is 51.7. The third-order valence-corrected chi connectivity index (χ3v) is 14.0. The van der Waals surface area contributed by atoms with Crippen LogP contribution in [0.4, 0.5) is 28.4 Å². The van der Waals surface area contributed by atoms with Crippen LogP contribution in [0.5, 0.6) is 23.0 Å². The van der Waals surface area contributed by atoms with Gasteiger partial charge in [-0.3, -0.25) is 14.4 Å². The Balaban J connectivity index is 1.01. The molecular formula is C57H67N7O10. The van der Waals surface area contributed by atoms with Gasteiger partial charge in [-0.1, -0.05) is 36.4 Å². The zero-order valence-electron chi connectivity index (χ0n) is 43.3. The molecule has 390 valence electrons. The first-order valence-electron chi connectivity index (χ1n) is 25.3. The second kappa shape index (κ2) is 23.7. The van der Waals surface area contributed by atoms with Crippen molar-refractivity contribution in [2.45, 2.75) is 57.9 Å². The molecule has 9 rings (SSSR count). The van der Waals surface area contributed by atoms with E-state index in [0.717, 1.165) is 63.5 Å². The van der Waals surface area contributed by atoms with E-state index in [1.807, 2.05) is 78.5 Å². The summed E-state index contributed by atoms with van der Waals surface area (Å²) in [6, 6.07) is 29.7. The number of hydrazone groups is 1. The van der Waals surface area contributed by atoms with Crippen molar-refractivity contribution < 1.29 is 47.5 Å². The highest BCUT2D eigenvalue weighted by atomic mass is 16.5. The lowest BCUT2D eigenvalue weighted by atomic mass is 10.1. The van der Waals surface area contributed by atoms with E-state index >= 15 is 0 Å². The van der Waals surface area contributed by atoms with Crippen molar-refractivity contribution in [2.75, 3.05) is 119 Å². The Morgan fingerprint density at radius 1 is 0.649 bits per heavy atom. The van der Waals surface area contributed by atoms with Crippen molar-refractivity contribution in [1.29, 1.82) is 0 Å². The molecule has 4 heterocycles. The quantitative estimate of drug-likeness (QED) is 0.0396. The third kappa shape index (κ3) is 11.2. The Hall–Kier alpha value is -7.34. The summed E-state index contributed by atoms with van der Waals surface area (Å²) in [7, 11) is 8.82. The van der Waals surface area contributed by atoms with Gasteiger partial charge in [-0.05, 0) is 90.9 Å². The molecule has 0 aromatic heterocycles. The number of benzene rings is 5. The second-order valence-electron chi connectivity index (χ2n) is 18.9. The predicted octanol–water partition coefficient (Wildman–Crippen LogP) is 7.29. The molecule has 0 fully saturated rings. The number of hydrogen-bond donors (Lipinski definition) is 1. The van der Waals surface area contributed by atoms with Crippen molar-refractivity contribution in [1.82, 2.24) is 5.43 Å². The molecule has 17 nitrogen and oxygen atoms in total. The Morgan fingerprint density at radius 3 is 1.68 bits per heavy atom. The SMILES string of the molecule is CC=NNC(=O)CCCN(CCOCCOCCOC)c1cc(COc2cc3c(cc2OC)C(=O)N2c4ccccc4C[C@H]2CN3C)cc(COc2cc3c(cc2OC)C(=O)N2c4ccccc4C[C@H]2CN3C)c1. The van der Waals surface area contributed by atoms with Gasteiger partial charge in [0.25, 0.3) is 11.8 Å². The maximum atomic E-state index is 14.4. The first-order valence-corrected chi connectivity index (χ1v) is 25.3. The summed E-state index contributed by atoms with van der Waals surface area (Å²) in [6.45, 7) is 6.61. The van der Waals surface area contributed by atoms with Crippen LogP contribution in [-0.4, -0.2) is 131 Å². The van der Waals surface area contributed by atoms with Crippen molar-refractivity contribution >= 4 is 52.4 Å². The van der Waals surface area contributed by atoms with Crippen LogP contribution in [0, 0.1) is 0 Å². The first-order chi connectivity index (χ1) is 36.1. The Labute approximate surface area is 433 Å². The molecule has 5 aromatic carbocycles. The molecule has 4 aliphatic rings. The van der Waals surface area contributed by atoms with E-state index < -0.39 is 0 Å². The average Bonchev–Trinajstić information content (AvgIpc) is 3.92. The molecule has 0 saturated carbocycles. The van der Waals surface area contributed by atoms with Gasteiger partial charge in [0.15, 0.2) is 23.0 Å². The van der Waals surface area contributed by atoms with E-state index in [4.69, 9.17) is 33.2 Å². The van der Waals surface area contributed by atoms with Crippen LogP contribution in [0.2, 0.25) is 0 Å². The van der Waals surface area contributed by atoms with E-state index in [1.165, 1.54) is 0 Å². The fourth-order valence-electron chi connectivity index (χ4n) is 10.5. The monoisotopic (exact) mass is 1010 g/mol. The molecule has 74 heavy (non-hydrogen) atoms. The summed E-state index contributed by atoms with van der Waals surface area (Å²) in [4.78, 5) is 51.7. The van der Waals surface area contributed by atoms with Crippen molar-refractivity contribution in [3.8, 4) is 23.0 Å². The van der Waals surface area contributed by atoms with E-state index in [2.05, 4.69) is 49.5 Å². The predicted molar refractivity (Wildman–Crippen MR) is 286 cm³/mol. The Bertz CT molecular complexity index is 2700. The molecule has 0 unspecified atom stereocenters. The van der Waals surface area contributed by atoms with Crippen LogP contribution in [0.1, 0.15) is 62.7 Å². The van der Waals surface area contributed by atoms with E-state index in [-0.39, 0.29) is 49.4 Å². The van der Waals surface area contributed by atoms with E-state index in [0.29, 0.717) is 99.8 Å². The zero-order valence-corrected chi connectivity index (χ0v) is 43.3. The van der Waals surface area contributed by atoms with Crippen LogP contribution < -0.4 is 48.9 Å². The van der Waals surface area contributed by atoms with Crippen LogP contribution in [0.25, 0.3) is 0 Å². The molecule has 2 atom stereocenters. The number of methoxy groups -OCH3 is 3. The number of likely N-dealkylation sites (N-methyl/N-ethyl adjacent to an activating group) is 2. The van der Waals surface area contributed by atoms with Crippen molar-refractivity contribution in [2.24, 2.45) is 5.10 Å². The third-order valence-electron chi connectivity index (χ3n) is 14.0. The first kappa shape index (κ1) is 51.6. The van der Waals surface area contributed by atoms with Gasteiger partial charge in [0.2, 0.25) is 5.91 Å². The highest BCUT2D eigenvalue weighted by Crippen LogP contribution is 2.44. The lowest BCUT2D eigenvalue weighted by Crippen LogP contribution is -2.41. The number of anilines is 5. The highest BCUT2D eigenvalue weighted by Gasteiger charge is 2.41. The second-order valence-corrected chi connectivity index (χ2v) is 18.9. The molecule has 0 radical (unpaired) electrons. The van der Waals surface area contributed by atoms with Gasteiger partial charge >= 0.3 is 0 Å². The largest absolute Gasteiger partial charge is 0.493 e. The summed E-state index contributed by atoms with van der Waals surface area (Å²) in [6.07, 6.45) is 3.91. The number of nitrogens with one attached hydrogen (secondary N) is 1. The summed E-state index contributed by atoms with van der Waals surface area (Å²) in [5.41, 5.74) is 11.9. The van der Waals surface area contributed by atoms with Crippen LogP contribution >= 0.6 is 0 Å². The summed E-state index contributed by atoms with van der Waals surface area (Å²) in [5.74, 6) is 1.54. The lowest BCUT2D eigenvalue weighted by Gasteiger charge is -2.27. The molecule has 0 saturated heterocycles. The number of para-hydroxylation sites is 2. The van der Waals surface area contributed by atoms with Gasteiger partial charge in [-0.15, -0.1) is 0 Å². The van der Waals surface area contributed by atoms with E-state index in [9.17, 15) is 14.4 Å². The number of nitrogens with zero attached hydrogens (tertiary/aromatic N) is 6. The minimum absolute atomic E-state index is 0.0112. The normalized spacial score (nSPS) is 16.5. The summed E-state index contributed by atoms with van der Waals surface area (Å²) < 4.78 is 42.0. The molecule has 17 heteroatoms. The number of hydrogen-bond acceptors (Lipinski definition) is 14. The summed E-state index contributed by atoms with van der Waals surface area (Å²) in [5, 5.41) is 3.91. The fraction of sp³-hybridized carbons (Fsp3) is 0.404. The fourth-order valence-corrected chi connectivity index (χ4v) is 10.5. The minimum atomic E-state index is -0.178. The number of rotatable bonds is 23. The molecule has 5 aromatic rings. The van der Waals surface area contributed by atoms with Crippen LogP contribution in [0.15, 0.2) is 96.1 Å². The van der Waals surface area contributed by atoms with Gasteiger partial charge in [0, 0.05) is 89.2 Å². The van der Waals surface area contributed by atoms with Gasteiger partial charge in [0.1, 0.15) is 13.2 Å². The summed E-state index contributed by atoms with van der Waals surface area (Å²) >= 11 is 0. The Morgan fingerprint density at radius 2 is 1.16 bits per heavy atom. The molecule has 0 aliphatic carbocycles. The lowest BCUT2D eigenvalue weighted by molar-refractivity contribution is -0.121. The molecule has 0 spiro atoms. The van der Waals surface area contributed by atoms with Crippen LogP contribution in [-0.2, 0) is 45.1 Å². The van der Waals surface area contributed by atoms with Gasteiger partial charge < -0.3 is 57.7 Å². The molecule has 0 bridgehead atoms. The average molecular weight is 1010 g/mol. The molecule has 4 aliphatic heterocycles. The minimum Gasteiger partial charge on any atom is -0.493 e. The van der Waals surface area contributed by atoms with Crippen LogP contribution in [0.3, 0.4) is 0 Å². The van der Waals surface area contributed by atoms with Gasteiger partial charge in [-0.25, -0.2) is 5.43 Å². The van der Waals surface area contributed by atoms with Crippen molar-refractivity contribution in [3.63, 3.8) is 0 Å².